The molecule has 0 aliphatic carbocycles. The van der Waals surface area contributed by atoms with E-state index >= 15 is 0 Å². The van der Waals surface area contributed by atoms with Crippen molar-refractivity contribution >= 4 is 0 Å². The van der Waals surface area contributed by atoms with Gasteiger partial charge in [0, 0.05) is 0 Å². The molecule has 0 fully saturated rings. The third kappa shape index (κ3) is 22.4. The molecule has 0 aliphatic rings. The van der Waals surface area contributed by atoms with Gasteiger partial charge in [-0.15, -0.1) is 10.1 Å². The summed E-state index contributed by atoms with van der Waals surface area (Å²) in [5.41, 5.74) is 4.61. The Balaban J connectivity index is 0. The largest absolute Gasteiger partial charge is 0.405 e. The van der Waals surface area contributed by atoms with Gasteiger partial charge in [0.2, 0.25) is 0 Å². The SMILES string of the molecule is C=CN.O=[N+]([O-])O. The molecule has 0 amide bonds. The summed E-state index contributed by atoms with van der Waals surface area (Å²) < 4.78 is 0. The van der Waals surface area contributed by atoms with Crippen molar-refractivity contribution < 1.29 is 10.3 Å². The zero-order valence-corrected chi connectivity index (χ0v) is 3.57. The second-order valence-electron chi connectivity index (χ2n) is 0.474. The Hall–Kier alpha value is -1.26. The lowest BCUT2D eigenvalue weighted by molar-refractivity contribution is -0.742. The maximum Gasteiger partial charge on any atom is 0.291 e. The van der Waals surface area contributed by atoms with E-state index < -0.39 is 5.09 Å². The smallest absolute Gasteiger partial charge is 0.291 e. The van der Waals surface area contributed by atoms with Crippen LogP contribution in [0.1, 0.15) is 0 Å². The van der Waals surface area contributed by atoms with E-state index in [2.05, 4.69) is 12.3 Å². The van der Waals surface area contributed by atoms with E-state index in [1.54, 1.807) is 0 Å². The lowest BCUT2D eigenvalue weighted by Crippen LogP contribution is -1.81. The van der Waals surface area contributed by atoms with Crippen molar-refractivity contribution in [3.63, 3.8) is 0 Å². The van der Waals surface area contributed by atoms with Crippen LogP contribution in [0.15, 0.2) is 12.8 Å². The molecule has 0 aromatic heterocycles. The van der Waals surface area contributed by atoms with Crippen LogP contribution in [0.25, 0.3) is 0 Å². The summed E-state index contributed by atoms with van der Waals surface area (Å²) in [6, 6.07) is 0. The Labute approximate surface area is 40.2 Å². The van der Waals surface area contributed by atoms with Gasteiger partial charge in [0.25, 0.3) is 5.09 Å². The minimum atomic E-state index is -1.50. The molecule has 0 rings (SSSR count). The summed E-state index contributed by atoms with van der Waals surface area (Å²) in [6.45, 7) is 3.14. The Bertz CT molecular complexity index is 58.0. The minimum Gasteiger partial charge on any atom is -0.405 e. The molecule has 5 heteroatoms. The average Bonchev–Trinajstić information content (AvgIpc) is 1.33. The average molecular weight is 106 g/mol. The summed E-state index contributed by atoms with van der Waals surface area (Å²) in [6.07, 6.45) is 1.25. The van der Waals surface area contributed by atoms with Crippen LogP contribution in [0.5, 0.6) is 0 Å². The zero-order valence-electron chi connectivity index (χ0n) is 3.57. The molecule has 0 aromatic rings. The fourth-order valence-electron chi connectivity index (χ4n) is 0. The van der Waals surface area contributed by atoms with Crippen LogP contribution >= 0.6 is 0 Å². The molecule has 0 radical (unpaired) electrons. The predicted molar refractivity (Wildman–Crippen MR) is 23.2 cm³/mol. The molecule has 42 valence electrons. The quantitative estimate of drug-likeness (QED) is 0.329. The lowest BCUT2D eigenvalue weighted by Gasteiger charge is -1.56. The third-order valence-electron chi connectivity index (χ3n) is 0. The molecule has 0 unspecified atom stereocenters. The highest BCUT2D eigenvalue weighted by Gasteiger charge is 1.65. The van der Waals surface area contributed by atoms with E-state index in [1.807, 2.05) is 0 Å². The number of nitrogens with two attached hydrogens (primary N) is 1. The lowest BCUT2D eigenvalue weighted by atomic mass is 11.1. The number of rotatable bonds is 0. The first kappa shape index (κ1) is 9.22. The Morgan fingerprint density at radius 2 is 2.00 bits per heavy atom. The van der Waals surface area contributed by atoms with Crippen molar-refractivity contribution in [3.8, 4) is 0 Å². The molecule has 0 aromatic carbocycles. The van der Waals surface area contributed by atoms with Crippen LogP contribution in [0, 0.1) is 10.1 Å². The van der Waals surface area contributed by atoms with Crippen molar-refractivity contribution in [2.45, 2.75) is 0 Å². The topological polar surface area (TPSA) is 89.4 Å². The fraction of sp³-hybridized carbons (Fsp3) is 0. The van der Waals surface area contributed by atoms with Gasteiger partial charge < -0.3 is 10.9 Å². The zero-order chi connectivity index (χ0) is 6.28. The first-order valence-corrected chi connectivity index (χ1v) is 1.31. The van der Waals surface area contributed by atoms with Crippen LogP contribution < -0.4 is 5.73 Å². The summed E-state index contributed by atoms with van der Waals surface area (Å²) in [4.78, 5) is 8.36. The van der Waals surface area contributed by atoms with Gasteiger partial charge >= 0.3 is 0 Å². The van der Waals surface area contributed by atoms with Gasteiger partial charge in [-0.25, -0.2) is 0 Å². The van der Waals surface area contributed by atoms with Gasteiger partial charge in [-0.3, -0.25) is 0 Å². The van der Waals surface area contributed by atoms with E-state index in [-0.39, 0.29) is 0 Å². The second-order valence-corrected chi connectivity index (χ2v) is 0.474. The highest BCUT2D eigenvalue weighted by molar-refractivity contribution is 4.48. The van der Waals surface area contributed by atoms with Gasteiger partial charge in [-0.2, -0.15) is 0 Å². The Kier molecular flexibility index (Phi) is 11.6. The van der Waals surface area contributed by atoms with Gasteiger partial charge in [-0.1, -0.05) is 6.58 Å². The summed E-state index contributed by atoms with van der Waals surface area (Å²) in [5, 5.41) is 13.6. The molecule has 0 bridgehead atoms. The van der Waals surface area contributed by atoms with Crippen molar-refractivity contribution in [2.24, 2.45) is 5.73 Å². The van der Waals surface area contributed by atoms with Gasteiger partial charge in [0.15, 0.2) is 0 Å². The molecular weight excluding hydrogens is 100 g/mol. The van der Waals surface area contributed by atoms with Crippen LogP contribution in [-0.2, 0) is 0 Å². The molecule has 3 N–H and O–H groups in total. The Morgan fingerprint density at radius 3 is 2.00 bits per heavy atom. The van der Waals surface area contributed by atoms with E-state index in [9.17, 15) is 0 Å². The number of nitrogens with zero attached hydrogens (tertiary/aromatic N) is 1. The third-order valence-corrected chi connectivity index (χ3v) is 0. The van der Waals surface area contributed by atoms with Crippen molar-refractivity contribution in [1.82, 2.24) is 0 Å². The Morgan fingerprint density at radius 1 is 2.00 bits per heavy atom. The van der Waals surface area contributed by atoms with Crippen LogP contribution in [0.3, 0.4) is 0 Å². The number of hydrogen-bond acceptors (Lipinski definition) is 3. The molecular formula is C2H6N2O3. The summed E-state index contributed by atoms with van der Waals surface area (Å²) >= 11 is 0. The normalized spacial score (nSPS) is 5.14. The molecule has 0 spiro atoms. The van der Waals surface area contributed by atoms with E-state index in [0.717, 1.165) is 0 Å². The first-order chi connectivity index (χ1) is 3.15. The highest BCUT2D eigenvalue weighted by Crippen LogP contribution is 1.38. The van der Waals surface area contributed by atoms with E-state index in [1.165, 1.54) is 6.20 Å². The molecule has 0 heterocycles. The van der Waals surface area contributed by atoms with E-state index in [0.29, 0.717) is 0 Å². The molecule has 5 nitrogen and oxygen atoms in total. The monoisotopic (exact) mass is 106 g/mol. The van der Waals surface area contributed by atoms with Crippen LogP contribution in [0.2, 0.25) is 0 Å². The van der Waals surface area contributed by atoms with E-state index in [4.69, 9.17) is 15.3 Å². The maximum atomic E-state index is 8.36. The predicted octanol–water partition coefficient (Wildman–Crippen LogP) is -0.259. The summed E-state index contributed by atoms with van der Waals surface area (Å²) in [7, 11) is 0. The molecule has 0 saturated heterocycles. The first-order valence-electron chi connectivity index (χ1n) is 1.31. The minimum absolute atomic E-state index is 1.25. The molecule has 7 heavy (non-hydrogen) atoms. The van der Waals surface area contributed by atoms with Crippen molar-refractivity contribution in [2.75, 3.05) is 0 Å². The maximum absolute atomic E-state index is 8.36. The van der Waals surface area contributed by atoms with Crippen molar-refractivity contribution in [3.05, 3.63) is 22.9 Å². The second kappa shape index (κ2) is 8.83. The van der Waals surface area contributed by atoms with Gasteiger partial charge in [-0.05, 0) is 6.20 Å². The molecule has 0 saturated carbocycles. The summed E-state index contributed by atoms with van der Waals surface area (Å²) in [5.74, 6) is 0. The highest BCUT2D eigenvalue weighted by atomic mass is 16.9. The molecule has 0 atom stereocenters. The standard InChI is InChI=1S/C2H5N.HNO3/c1-2-3;2-1(3)4/h2H,1,3H2;(H,2,3,4). The van der Waals surface area contributed by atoms with Gasteiger partial charge in [0.1, 0.15) is 0 Å². The molecule has 0 aliphatic heterocycles. The van der Waals surface area contributed by atoms with Gasteiger partial charge in [0.05, 0.1) is 0 Å². The van der Waals surface area contributed by atoms with Crippen LogP contribution in [0.4, 0.5) is 0 Å². The fourth-order valence-corrected chi connectivity index (χ4v) is 0. The number of hydrogen-bond donors (Lipinski definition) is 2. The van der Waals surface area contributed by atoms with Crippen molar-refractivity contribution in [1.29, 1.82) is 0 Å². The van der Waals surface area contributed by atoms with Crippen LogP contribution in [-0.4, -0.2) is 10.3 Å².